The van der Waals surface area contributed by atoms with Gasteiger partial charge in [0.15, 0.2) is 0 Å². The number of aryl methyl sites for hydroxylation is 2. The predicted octanol–water partition coefficient (Wildman–Crippen LogP) is 7.59. The number of pyridine rings is 1. The Balaban J connectivity index is 1.96. The molecule has 0 saturated heterocycles. The molecule has 1 aromatic heterocycles. The van der Waals surface area contributed by atoms with Crippen molar-refractivity contribution in [3.05, 3.63) is 101 Å². The van der Waals surface area contributed by atoms with Gasteiger partial charge in [-0.2, -0.15) is 18.4 Å². The minimum Gasteiger partial charge on any atom is -0.246 e. The smallest absolute Gasteiger partial charge is 0.246 e. The van der Waals surface area contributed by atoms with Crippen LogP contribution in [0.5, 0.6) is 0 Å². The molecule has 0 radical (unpaired) electrons. The molecule has 0 N–H and O–H groups in total. The SMILES string of the molecule is Cc1ccc(-c2cc(-c3ccc(C)cc3)c(C#N)c(-c3ccc(C(F)(F)F)cc3)n2)cc1. The monoisotopic (exact) mass is 428 g/mol. The Morgan fingerprint density at radius 3 is 1.72 bits per heavy atom. The molecule has 0 amide bonds. The molecule has 0 aliphatic rings. The van der Waals surface area contributed by atoms with Crippen LogP contribution in [0.15, 0.2) is 78.9 Å². The summed E-state index contributed by atoms with van der Waals surface area (Å²) in [4.78, 5) is 4.71. The summed E-state index contributed by atoms with van der Waals surface area (Å²) in [5, 5.41) is 9.99. The van der Waals surface area contributed by atoms with Gasteiger partial charge in [0.2, 0.25) is 0 Å². The van der Waals surface area contributed by atoms with Crippen molar-refractivity contribution in [1.29, 1.82) is 5.26 Å². The van der Waals surface area contributed by atoms with Gasteiger partial charge in [-0.3, -0.25) is 0 Å². The predicted molar refractivity (Wildman–Crippen MR) is 120 cm³/mol. The molecule has 2 nitrogen and oxygen atoms in total. The van der Waals surface area contributed by atoms with E-state index < -0.39 is 11.7 Å². The Hall–Kier alpha value is -3.91. The molecule has 3 aromatic carbocycles. The molecule has 1 heterocycles. The molecule has 158 valence electrons. The van der Waals surface area contributed by atoms with E-state index in [-0.39, 0.29) is 0 Å². The van der Waals surface area contributed by atoms with Gasteiger partial charge in [0.1, 0.15) is 6.07 Å². The number of alkyl halides is 3. The summed E-state index contributed by atoms with van der Waals surface area (Å²) in [6.07, 6.45) is -4.43. The Morgan fingerprint density at radius 1 is 0.719 bits per heavy atom. The van der Waals surface area contributed by atoms with E-state index >= 15 is 0 Å². The second-order valence-corrected chi connectivity index (χ2v) is 7.70. The number of hydrogen-bond acceptors (Lipinski definition) is 2. The van der Waals surface area contributed by atoms with E-state index in [1.807, 2.05) is 68.4 Å². The largest absolute Gasteiger partial charge is 0.416 e. The number of rotatable bonds is 3. The fourth-order valence-corrected chi connectivity index (χ4v) is 3.52. The second-order valence-electron chi connectivity index (χ2n) is 7.70. The van der Waals surface area contributed by atoms with Crippen LogP contribution in [0.3, 0.4) is 0 Å². The fraction of sp³-hybridized carbons (Fsp3) is 0.111. The minimum atomic E-state index is -4.43. The number of aromatic nitrogens is 1. The zero-order valence-corrected chi connectivity index (χ0v) is 17.5. The van der Waals surface area contributed by atoms with Crippen LogP contribution in [0.4, 0.5) is 13.2 Å². The molecule has 0 spiro atoms. The van der Waals surface area contributed by atoms with Crippen LogP contribution in [0.25, 0.3) is 33.6 Å². The third-order valence-corrected chi connectivity index (χ3v) is 5.33. The first-order valence-corrected chi connectivity index (χ1v) is 10.0. The summed E-state index contributed by atoms with van der Waals surface area (Å²) >= 11 is 0. The average Bonchev–Trinajstić information content (AvgIpc) is 2.79. The van der Waals surface area contributed by atoms with Crippen LogP contribution in [-0.4, -0.2) is 4.98 Å². The van der Waals surface area contributed by atoms with E-state index in [1.165, 1.54) is 12.1 Å². The Kier molecular flexibility index (Phi) is 5.54. The van der Waals surface area contributed by atoms with Crippen molar-refractivity contribution in [1.82, 2.24) is 4.98 Å². The van der Waals surface area contributed by atoms with Crippen LogP contribution in [0.2, 0.25) is 0 Å². The van der Waals surface area contributed by atoms with Crippen molar-refractivity contribution < 1.29 is 13.2 Å². The van der Waals surface area contributed by atoms with Gasteiger partial charge in [0, 0.05) is 16.7 Å². The highest BCUT2D eigenvalue weighted by Crippen LogP contribution is 2.36. The van der Waals surface area contributed by atoms with E-state index in [9.17, 15) is 18.4 Å². The highest BCUT2D eigenvalue weighted by atomic mass is 19.4. The quantitative estimate of drug-likeness (QED) is 0.337. The molecule has 0 aliphatic heterocycles. The summed E-state index contributed by atoms with van der Waals surface area (Å²) in [7, 11) is 0. The van der Waals surface area contributed by atoms with Crippen molar-refractivity contribution in [3.8, 4) is 39.7 Å². The van der Waals surface area contributed by atoms with Gasteiger partial charge >= 0.3 is 6.18 Å². The van der Waals surface area contributed by atoms with Crippen molar-refractivity contribution >= 4 is 0 Å². The van der Waals surface area contributed by atoms with Crippen molar-refractivity contribution in [2.24, 2.45) is 0 Å². The van der Waals surface area contributed by atoms with Crippen LogP contribution in [0, 0.1) is 25.2 Å². The molecular formula is C27H19F3N2. The zero-order valence-electron chi connectivity index (χ0n) is 17.5. The molecule has 0 unspecified atom stereocenters. The van der Waals surface area contributed by atoms with E-state index in [0.717, 1.165) is 34.4 Å². The fourth-order valence-electron chi connectivity index (χ4n) is 3.52. The van der Waals surface area contributed by atoms with Gasteiger partial charge < -0.3 is 0 Å². The number of halogens is 3. The summed E-state index contributed by atoms with van der Waals surface area (Å²) in [5.41, 5.74) is 5.62. The van der Waals surface area contributed by atoms with Gasteiger partial charge in [-0.05, 0) is 37.6 Å². The Morgan fingerprint density at radius 2 is 1.22 bits per heavy atom. The number of nitrogens with zero attached hydrogens (tertiary/aromatic N) is 2. The van der Waals surface area contributed by atoms with Gasteiger partial charge in [-0.1, -0.05) is 71.8 Å². The molecule has 0 atom stereocenters. The lowest BCUT2D eigenvalue weighted by molar-refractivity contribution is -0.137. The van der Waals surface area contributed by atoms with Gasteiger partial charge in [0.05, 0.1) is 22.5 Å². The highest BCUT2D eigenvalue weighted by molar-refractivity contribution is 5.83. The summed E-state index contributed by atoms with van der Waals surface area (Å²) < 4.78 is 39.1. The summed E-state index contributed by atoms with van der Waals surface area (Å²) in [6.45, 7) is 3.97. The van der Waals surface area contributed by atoms with Crippen LogP contribution in [0.1, 0.15) is 22.3 Å². The van der Waals surface area contributed by atoms with Gasteiger partial charge in [-0.25, -0.2) is 4.98 Å². The third-order valence-electron chi connectivity index (χ3n) is 5.33. The first-order valence-electron chi connectivity index (χ1n) is 10.0. The summed E-state index contributed by atoms with van der Waals surface area (Å²) in [6, 6.07) is 24.5. The minimum absolute atomic E-state index is 0.324. The van der Waals surface area contributed by atoms with Crippen molar-refractivity contribution in [3.63, 3.8) is 0 Å². The number of nitriles is 1. The number of benzene rings is 3. The van der Waals surface area contributed by atoms with Crippen molar-refractivity contribution in [2.75, 3.05) is 0 Å². The maximum Gasteiger partial charge on any atom is 0.416 e. The highest BCUT2D eigenvalue weighted by Gasteiger charge is 2.30. The van der Waals surface area contributed by atoms with Gasteiger partial charge in [0.25, 0.3) is 0 Å². The molecule has 0 aliphatic carbocycles. The third kappa shape index (κ3) is 4.26. The van der Waals surface area contributed by atoms with E-state index in [1.54, 1.807) is 0 Å². The molecule has 0 fully saturated rings. The number of hydrogen-bond donors (Lipinski definition) is 0. The maximum absolute atomic E-state index is 13.0. The lowest BCUT2D eigenvalue weighted by atomic mass is 9.93. The molecular weight excluding hydrogens is 409 g/mol. The van der Waals surface area contributed by atoms with E-state index in [4.69, 9.17) is 4.98 Å². The average molecular weight is 428 g/mol. The molecule has 32 heavy (non-hydrogen) atoms. The van der Waals surface area contributed by atoms with Crippen LogP contribution >= 0.6 is 0 Å². The summed E-state index contributed by atoms with van der Waals surface area (Å²) in [5.74, 6) is 0. The molecule has 4 aromatic rings. The standard InChI is InChI=1S/C27H19F3N2/c1-17-3-7-19(8-4-17)23-15-25(20-9-5-18(2)6-10-20)32-26(24(23)16-31)21-11-13-22(14-12-21)27(28,29)30/h3-15H,1-2H3. The second kappa shape index (κ2) is 8.32. The topological polar surface area (TPSA) is 36.7 Å². The first kappa shape index (κ1) is 21.3. The van der Waals surface area contributed by atoms with E-state index in [0.29, 0.717) is 28.1 Å². The Labute approximate surface area is 184 Å². The van der Waals surface area contributed by atoms with Crippen LogP contribution in [-0.2, 0) is 6.18 Å². The maximum atomic E-state index is 13.0. The first-order chi connectivity index (χ1) is 15.3. The molecule has 5 heteroatoms. The zero-order chi connectivity index (χ0) is 22.9. The molecule has 4 rings (SSSR count). The van der Waals surface area contributed by atoms with Crippen LogP contribution < -0.4 is 0 Å². The lowest BCUT2D eigenvalue weighted by Gasteiger charge is -2.14. The van der Waals surface area contributed by atoms with Crippen molar-refractivity contribution in [2.45, 2.75) is 20.0 Å². The van der Waals surface area contributed by atoms with Gasteiger partial charge in [-0.15, -0.1) is 0 Å². The van der Waals surface area contributed by atoms with E-state index in [2.05, 4.69) is 6.07 Å². The Bertz CT molecular complexity index is 1300. The normalized spacial score (nSPS) is 11.2. The lowest BCUT2D eigenvalue weighted by Crippen LogP contribution is -2.04. The molecule has 0 saturated carbocycles. The molecule has 0 bridgehead atoms.